The minimum atomic E-state index is -0.181. The number of carbonyl (C=O) groups is 1. The fourth-order valence-corrected chi connectivity index (χ4v) is 5.84. The normalized spacial score (nSPS) is 15.4. The summed E-state index contributed by atoms with van der Waals surface area (Å²) in [5.74, 6) is 1.06. The molecule has 37 heavy (non-hydrogen) atoms. The Morgan fingerprint density at radius 1 is 1.03 bits per heavy atom. The van der Waals surface area contributed by atoms with Crippen LogP contribution in [0.3, 0.4) is 0 Å². The van der Waals surface area contributed by atoms with Crippen LogP contribution in [0.2, 0.25) is 0 Å². The molecule has 1 heterocycles. The summed E-state index contributed by atoms with van der Waals surface area (Å²) >= 11 is 7.20. The molecule has 0 unspecified atom stereocenters. The van der Waals surface area contributed by atoms with Gasteiger partial charge < -0.3 is 14.8 Å². The van der Waals surface area contributed by atoms with Gasteiger partial charge in [-0.25, -0.2) is 4.99 Å². The fourth-order valence-electron chi connectivity index (χ4n) is 3.93. The van der Waals surface area contributed by atoms with Gasteiger partial charge in [0.2, 0.25) is 0 Å². The summed E-state index contributed by atoms with van der Waals surface area (Å²) in [7, 11) is 0. The number of carbonyl (C=O) groups excluding carboxylic acids is 1. The smallest absolute Gasteiger partial charge is 0.264 e. The molecule has 0 saturated carbocycles. The summed E-state index contributed by atoms with van der Waals surface area (Å²) in [4.78, 5) is 17.8. The van der Waals surface area contributed by atoms with Gasteiger partial charge in [-0.05, 0) is 109 Å². The third-order valence-electron chi connectivity index (χ3n) is 5.61. The molecule has 0 bridgehead atoms. The topological polar surface area (TPSA) is 59.9 Å². The molecule has 1 aliphatic rings. The van der Waals surface area contributed by atoms with E-state index in [4.69, 9.17) is 9.47 Å². The van der Waals surface area contributed by atoms with Crippen LogP contribution in [0.1, 0.15) is 18.1 Å². The molecule has 0 radical (unpaired) electrons. The number of para-hydroxylation sites is 1. The zero-order chi connectivity index (χ0) is 25.8. The Morgan fingerprint density at radius 2 is 1.81 bits per heavy atom. The molecule has 4 aromatic rings. The average molecular weight is 685 g/mol. The van der Waals surface area contributed by atoms with Gasteiger partial charge in [0.15, 0.2) is 16.7 Å². The molecule has 1 N–H and O–H groups in total. The fraction of sp³-hybridized carbons (Fsp3) is 0.103. The maximum atomic E-state index is 12.6. The summed E-state index contributed by atoms with van der Waals surface area (Å²) in [6, 6.07) is 26.1. The van der Waals surface area contributed by atoms with Crippen LogP contribution < -0.4 is 14.8 Å². The lowest BCUT2D eigenvalue weighted by Gasteiger charge is -2.15. The Morgan fingerprint density at radius 3 is 2.65 bits per heavy atom. The second kappa shape index (κ2) is 11.7. The van der Waals surface area contributed by atoms with Crippen molar-refractivity contribution >= 4 is 83.9 Å². The maximum Gasteiger partial charge on any atom is 0.264 e. The van der Waals surface area contributed by atoms with E-state index in [0.29, 0.717) is 34.8 Å². The number of nitrogens with zero attached hydrogens (tertiary/aromatic N) is 1. The van der Waals surface area contributed by atoms with E-state index in [0.717, 1.165) is 30.2 Å². The summed E-state index contributed by atoms with van der Waals surface area (Å²) in [6.45, 7) is 2.82. The van der Waals surface area contributed by atoms with Crippen molar-refractivity contribution in [3.63, 3.8) is 0 Å². The number of amides is 1. The van der Waals surface area contributed by atoms with Crippen LogP contribution in [-0.2, 0) is 11.4 Å². The van der Waals surface area contributed by atoms with Gasteiger partial charge in [0.05, 0.1) is 21.7 Å². The highest BCUT2D eigenvalue weighted by Crippen LogP contribution is 2.39. The van der Waals surface area contributed by atoms with E-state index >= 15 is 0 Å². The van der Waals surface area contributed by atoms with E-state index in [9.17, 15) is 4.79 Å². The van der Waals surface area contributed by atoms with Gasteiger partial charge in [0, 0.05) is 3.57 Å². The highest BCUT2D eigenvalue weighted by molar-refractivity contribution is 14.1. The number of nitrogens with one attached hydrogen (secondary N) is 1. The Hall–Kier alpha value is -2.82. The number of halogens is 2. The first kappa shape index (κ1) is 25.8. The second-order valence-corrected chi connectivity index (χ2v) is 11.2. The summed E-state index contributed by atoms with van der Waals surface area (Å²) in [5.41, 5.74) is 2.74. The lowest BCUT2D eigenvalue weighted by Crippen LogP contribution is -2.19. The Bertz CT molecular complexity index is 1550. The molecule has 1 fully saturated rings. The first-order valence-electron chi connectivity index (χ1n) is 11.6. The monoisotopic (exact) mass is 684 g/mol. The lowest BCUT2D eigenvalue weighted by atomic mass is 10.1. The summed E-state index contributed by atoms with van der Waals surface area (Å²) in [6.07, 6.45) is 1.83. The number of rotatable bonds is 7. The highest BCUT2D eigenvalue weighted by atomic mass is 127. The minimum absolute atomic E-state index is 0.181. The number of benzene rings is 4. The van der Waals surface area contributed by atoms with Crippen LogP contribution in [0.15, 0.2) is 93.2 Å². The molecule has 0 spiro atoms. The largest absolute Gasteiger partial charge is 0.490 e. The van der Waals surface area contributed by atoms with Crippen LogP contribution in [0.5, 0.6) is 11.5 Å². The van der Waals surface area contributed by atoms with Gasteiger partial charge in [-0.2, -0.15) is 0 Å². The van der Waals surface area contributed by atoms with Crippen molar-refractivity contribution in [2.75, 3.05) is 6.61 Å². The molecule has 1 aliphatic heterocycles. The predicted molar refractivity (Wildman–Crippen MR) is 164 cm³/mol. The van der Waals surface area contributed by atoms with E-state index in [1.54, 1.807) is 0 Å². The number of amidine groups is 1. The molecular formula is C29H22BrIN2O3S. The number of hydrogen-bond acceptors (Lipinski definition) is 5. The lowest BCUT2D eigenvalue weighted by molar-refractivity contribution is -0.115. The number of aliphatic imine (C=N–C) groups is 1. The third kappa shape index (κ3) is 6.02. The highest BCUT2D eigenvalue weighted by Gasteiger charge is 2.24. The quantitative estimate of drug-likeness (QED) is 0.158. The Balaban J connectivity index is 1.39. The van der Waals surface area contributed by atoms with Crippen LogP contribution in [0, 0.1) is 3.57 Å². The standard InChI is InChI=1S/C29H22BrIN2O3S/c1-2-35-25-15-18(16-26-28(34)33-29(37-26)32-24-13-6-5-12-23(24)31)14-22(30)27(25)36-17-20-10-7-9-19-8-3-4-11-21(19)20/h3-16H,2,17H2,1H3,(H,32,33,34)/b26-16+. The first-order chi connectivity index (χ1) is 18.0. The average Bonchev–Trinajstić information content (AvgIpc) is 3.23. The van der Waals surface area contributed by atoms with Crippen LogP contribution in [0.4, 0.5) is 5.69 Å². The number of thioether (sulfide) groups is 1. The number of ether oxygens (including phenoxy) is 2. The molecule has 5 rings (SSSR count). The molecule has 1 amide bonds. The van der Waals surface area contributed by atoms with Crippen molar-refractivity contribution in [1.29, 1.82) is 0 Å². The molecule has 1 saturated heterocycles. The molecule has 4 aromatic carbocycles. The van der Waals surface area contributed by atoms with Crippen LogP contribution >= 0.6 is 50.3 Å². The van der Waals surface area contributed by atoms with Gasteiger partial charge in [-0.15, -0.1) is 0 Å². The van der Waals surface area contributed by atoms with Crippen molar-refractivity contribution in [2.45, 2.75) is 13.5 Å². The van der Waals surface area contributed by atoms with E-state index < -0.39 is 0 Å². The summed E-state index contributed by atoms with van der Waals surface area (Å²) < 4.78 is 14.0. The Labute approximate surface area is 241 Å². The maximum absolute atomic E-state index is 12.6. The number of hydrogen-bond donors (Lipinski definition) is 1. The predicted octanol–water partition coefficient (Wildman–Crippen LogP) is 8.08. The van der Waals surface area contributed by atoms with Crippen molar-refractivity contribution in [1.82, 2.24) is 5.32 Å². The van der Waals surface area contributed by atoms with E-state index in [1.807, 2.05) is 67.6 Å². The van der Waals surface area contributed by atoms with E-state index in [-0.39, 0.29) is 5.91 Å². The van der Waals surface area contributed by atoms with E-state index in [2.05, 4.69) is 73.1 Å². The molecule has 186 valence electrons. The SMILES string of the molecule is CCOc1cc(/C=C2/SC(=Nc3ccccc3I)NC2=O)cc(Br)c1OCc1cccc2ccccc12. The van der Waals surface area contributed by atoms with Crippen LogP contribution in [-0.4, -0.2) is 17.7 Å². The molecule has 0 atom stereocenters. The molecule has 5 nitrogen and oxygen atoms in total. The van der Waals surface area contributed by atoms with Gasteiger partial charge in [-0.3, -0.25) is 4.79 Å². The summed E-state index contributed by atoms with van der Waals surface area (Å²) in [5, 5.41) is 5.74. The van der Waals surface area contributed by atoms with Gasteiger partial charge in [0.25, 0.3) is 5.91 Å². The zero-order valence-electron chi connectivity index (χ0n) is 19.8. The molecular weight excluding hydrogens is 663 g/mol. The molecule has 0 aromatic heterocycles. The van der Waals surface area contributed by atoms with E-state index in [1.165, 1.54) is 17.1 Å². The molecule has 8 heteroatoms. The van der Waals surface area contributed by atoms with Crippen molar-refractivity contribution in [3.05, 3.63) is 103 Å². The second-order valence-electron chi connectivity index (χ2n) is 8.12. The number of fused-ring (bicyclic) bond motifs is 1. The first-order valence-corrected chi connectivity index (χ1v) is 14.3. The van der Waals surface area contributed by atoms with Crippen molar-refractivity contribution in [2.24, 2.45) is 4.99 Å². The van der Waals surface area contributed by atoms with Gasteiger partial charge in [0.1, 0.15) is 6.61 Å². The zero-order valence-corrected chi connectivity index (χ0v) is 24.4. The van der Waals surface area contributed by atoms with Crippen molar-refractivity contribution < 1.29 is 14.3 Å². The van der Waals surface area contributed by atoms with Gasteiger partial charge >= 0.3 is 0 Å². The van der Waals surface area contributed by atoms with Crippen molar-refractivity contribution in [3.8, 4) is 11.5 Å². The Kier molecular flexibility index (Phi) is 8.17. The van der Waals surface area contributed by atoms with Crippen LogP contribution in [0.25, 0.3) is 16.8 Å². The molecule has 0 aliphatic carbocycles. The third-order valence-corrected chi connectivity index (χ3v) is 8.02. The minimum Gasteiger partial charge on any atom is -0.490 e. The van der Waals surface area contributed by atoms with Gasteiger partial charge in [-0.1, -0.05) is 54.6 Å².